The van der Waals surface area contributed by atoms with E-state index in [1.54, 1.807) is 12.1 Å². The number of rotatable bonds is 5. The lowest BCUT2D eigenvalue weighted by molar-refractivity contribution is -0.124. The van der Waals surface area contributed by atoms with Crippen LogP contribution in [0, 0.1) is 13.8 Å². The Labute approximate surface area is 114 Å². The number of ether oxygens (including phenoxy) is 1. The van der Waals surface area contributed by atoms with Crippen molar-refractivity contribution in [3.63, 3.8) is 0 Å². The molecule has 0 aromatic heterocycles. The quantitative estimate of drug-likeness (QED) is 0.830. The Kier molecular flexibility index (Phi) is 5.55. The van der Waals surface area contributed by atoms with Crippen molar-refractivity contribution in [2.24, 2.45) is 0 Å². The summed E-state index contributed by atoms with van der Waals surface area (Å²) in [4.78, 5) is 23.3. The first-order valence-electron chi connectivity index (χ1n) is 6.47. The molecule has 4 nitrogen and oxygen atoms in total. The average Bonchev–Trinajstić information content (AvgIpc) is 2.34. The molecule has 0 bridgehead atoms. The van der Waals surface area contributed by atoms with Crippen molar-refractivity contribution in [2.45, 2.75) is 40.2 Å². The average molecular weight is 263 g/mol. The summed E-state index contributed by atoms with van der Waals surface area (Å²) in [6.07, 6.45) is 0.844. The molecule has 1 aromatic carbocycles. The van der Waals surface area contributed by atoms with E-state index in [0.29, 0.717) is 5.56 Å². The van der Waals surface area contributed by atoms with Gasteiger partial charge in [0.15, 0.2) is 6.61 Å². The number of hydrogen-bond acceptors (Lipinski definition) is 3. The second kappa shape index (κ2) is 6.92. The Hall–Kier alpha value is -1.84. The lowest BCUT2D eigenvalue weighted by Gasteiger charge is -2.11. The Morgan fingerprint density at radius 1 is 1.21 bits per heavy atom. The third-order valence-electron chi connectivity index (χ3n) is 2.81. The molecule has 0 fully saturated rings. The van der Waals surface area contributed by atoms with Gasteiger partial charge in [-0.2, -0.15) is 0 Å². The molecule has 0 aliphatic carbocycles. The van der Waals surface area contributed by atoms with Gasteiger partial charge < -0.3 is 10.1 Å². The van der Waals surface area contributed by atoms with Crippen LogP contribution in [0.15, 0.2) is 18.2 Å². The molecular weight excluding hydrogens is 242 g/mol. The van der Waals surface area contributed by atoms with E-state index in [1.807, 2.05) is 33.8 Å². The number of carbonyl (C=O) groups is 2. The van der Waals surface area contributed by atoms with Crippen LogP contribution in [-0.2, 0) is 9.53 Å². The van der Waals surface area contributed by atoms with Gasteiger partial charge in [-0.1, -0.05) is 24.1 Å². The maximum Gasteiger partial charge on any atom is 0.338 e. The van der Waals surface area contributed by atoms with Crippen LogP contribution in [0.5, 0.6) is 0 Å². The highest BCUT2D eigenvalue weighted by Crippen LogP contribution is 2.10. The zero-order valence-corrected chi connectivity index (χ0v) is 11.9. The van der Waals surface area contributed by atoms with Crippen LogP contribution in [0.2, 0.25) is 0 Å². The van der Waals surface area contributed by atoms with Gasteiger partial charge in [0.1, 0.15) is 0 Å². The molecule has 1 amide bonds. The molecule has 1 N–H and O–H groups in total. The van der Waals surface area contributed by atoms with Crippen molar-refractivity contribution in [3.05, 3.63) is 34.9 Å². The number of carbonyl (C=O) groups excluding carboxylic acids is 2. The number of nitrogens with one attached hydrogen (secondary N) is 1. The molecule has 104 valence electrons. The van der Waals surface area contributed by atoms with E-state index < -0.39 is 5.97 Å². The second-order valence-electron chi connectivity index (χ2n) is 4.83. The summed E-state index contributed by atoms with van der Waals surface area (Å²) in [7, 11) is 0. The van der Waals surface area contributed by atoms with Gasteiger partial charge in [0.25, 0.3) is 5.91 Å². The van der Waals surface area contributed by atoms with Crippen LogP contribution in [0.3, 0.4) is 0 Å². The summed E-state index contributed by atoms with van der Waals surface area (Å²) in [5.41, 5.74) is 2.47. The molecule has 0 aliphatic heterocycles. The van der Waals surface area contributed by atoms with Crippen LogP contribution in [-0.4, -0.2) is 24.5 Å². The monoisotopic (exact) mass is 263 g/mol. The maximum absolute atomic E-state index is 11.8. The fourth-order valence-electron chi connectivity index (χ4n) is 1.73. The number of amides is 1. The molecule has 1 rings (SSSR count). The Bertz CT molecular complexity index is 448. The largest absolute Gasteiger partial charge is 0.452 e. The van der Waals surface area contributed by atoms with Gasteiger partial charge in [-0.25, -0.2) is 4.79 Å². The molecule has 1 aromatic rings. The van der Waals surface area contributed by atoms with Crippen LogP contribution < -0.4 is 5.32 Å². The normalized spacial score (nSPS) is 11.8. The maximum atomic E-state index is 11.8. The van der Waals surface area contributed by atoms with Gasteiger partial charge in [-0.05, 0) is 39.3 Å². The van der Waals surface area contributed by atoms with E-state index in [1.165, 1.54) is 0 Å². The first-order chi connectivity index (χ1) is 8.92. The zero-order valence-electron chi connectivity index (χ0n) is 11.9. The van der Waals surface area contributed by atoms with Crippen LogP contribution in [0.4, 0.5) is 0 Å². The van der Waals surface area contributed by atoms with E-state index in [-0.39, 0.29) is 18.6 Å². The molecule has 0 spiro atoms. The minimum absolute atomic E-state index is 0.0902. The molecule has 1 unspecified atom stereocenters. The summed E-state index contributed by atoms with van der Waals surface area (Å²) in [5.74, 6) is -0.738. The van der Waals surface area contributed by atoms with Gasteiger partial charge in [0, 0.05) is 6.04 Å². The minimum Gasteiger partial charge on any atom is -0.452 e. The highest BCUT2D eigenvalue weighted by atomic mass is 16.5. The summed E-state index contributed by atoms with van der Waals surface area (Å²) in [5, 5.41) is 2.74. The molecule has 0 saturated carbocycles. The predicted octanol–water partition coefficient (Wildman–Crippen LogP) is 2.37. The van der Waals surface area contributed by atoms with E-state index in [0.717, 1.165) is 17.5 Å². The van der Waals surface area contributed by atoms with E-state index >= 15 is 0 Å². The lowest BCUT2D eigenvalue weighted by atomic mass is 10.1. The highest BCUT2D eigenvalue weighted by Gasteiger charge is 2.12. The van der Waals surface area contributed by atoms with Crippen LogP contribution >= 0.6 is 0 Å². The second-order valence-corrected chi connectivity index (χ2v) is 4.83. The Balaban J connectivity index is 2.53. The first-order valence-corrected chi connectivity index (χ1v) is 6.47. The van der Waals surface area contributed by atoms with Gasteiger partial charge in [-0.15, -0.1) is 0 Å². The van der Waals surface area contributed by atoms with Gasteiger partial charge in [0.2, 0.25) is 0 Å². The fraction of sp³-hybridized carbons (Fsp3) is 0.467. The summed E-state index contributed by atoms with van der Waals surface area (Å²) in [6, 6.07) is 5.57. The van der Waals surface area contributed by atoms with Crippen molar-refractivity contribution in [1.29, 1.82) is 0 Å². The predicted molar refractivity (Wildman–Crippen MR) is 74.1 cm³/mol. The summed E-state index contributed by atoms with van der Waals surface area (Å²) >= 11 is 0. The topological polar surface area (TPSA) is 55.4 Å². The summed E-state index contributed by atoms with van der Waals surface area (Å²) < 4.78 is 4.99. The molecule has 1 atom stereocenters. The smallest absolute Gasteiger partial charge is 0.338 e. The molecular formula is C15H21NO3. The number of benzene rings is 1. The van der Waals surface area contributed by atoms with Crippen LogP contribution in [0.1, 0.15) is 41.8 Å². The van der Waals surface area contributed by atoms with E-state index in [2.05, 4.69) is 5.32 Å². The van der Waals surface area contributed by atoms with Crippen molar-refractivity contribution in [2.75, 3.05) is 6.61 Å². The summed E-state index contributed by atoms with van der Waals surface area (Å²) in [6.45, 7) is 7.48. The third kappa shape index (κ3) is 5.12. The molecule has 0 heterocycles. The van der Waals surface area contributed by atoms with Crippen molar-refractivity contribution in [3.8, 4) is 0 Å². The van der Waals surface area contributed by atoms with Crippen molar-refractivity contribution < 1.29 is 14.3 Å². The number of hydrogen-bond donors (Lipinski definition) is 1. The molecule has 0 aliphatic rings. The van der Waals surface area contributed by atoms with E-state index in [4.69, 9.17) is 4.74 Å². The third-order valence-corrected chi connectivity index (χ3v) is 2.81. The number of esters is 1. The van der Waals surface area contributed by atoms with Gasteiger partial charge in [0.05, 0.1) is 5.56 Å². The first kappa shape index (κ1) is 15.2. The molecule has 4 heteroatoms. The zero-order chi connectivity index (χ0) is 14.4. The molecule has 0 saturated heterocycles. The number of aryl methyl sites for hydroxylation is 2. The standard InChI is InChI=1S/C15H21NO3/c1-5-12(4)16-14(17)9-19-15(18)13-7-10(2)6-11(3)8-13/h6-8,12H,5,9H2,1-4H3,(H,16,17). The fourth-order valence-corrected chi connectivity index (χ4v) is 1.73. The SMILES string of the molecule is CCC(C)NC(=O)COC(=O)c1cc(C)cc(C)c1. The van der Waals surface area contributed by atoms with Crippen molar-refractivity contribution in [1.82, 2.24) is 5.32 Å². The van der Waals surface area contributed by atoms with Crippen molar-refractivity contribution >= 4 is 11.9 Å². The Morgan fingerprint density at radius 3 is 2.32 bits per heavy atom. The molecule has 19 heavy (non-hydrogen) atoms. The molecule has 0 radical (unpaired) electrons. The highest BCUT2D eigenvalue weighted by molar-refractivity contribution is 5.91. The lowest BCUT2D eigenvalue weighted by Crippen LogP contribution is -2.35. The van der Waals surface area contributed by atoms with E-state index in [9.17, 15) is 9.59 Å². The van der Waals surface area contributed by atoms with Crippen LogP contribution in [0.25, 0.3) is 0 Å². The minimum atomic E-state index is -0.467. The van der Waals surface area contributed by atoms with Gasteiger partial charge >= 0.3 is 5.97 Å². The Morgan fingerprint density at radius 2 is 1.79 bits per heavy atom. The van der Waals surface area contributed by atoms with Gasteiger partial charge in [-0.3, -0.25) is 4.79 Å².